The molecule has 1 unspecified atom stereocenters. The summed E-state index contributed by atoms with van der Waals surface area (Å²) in [4.78, 5) is 2.31. The van der Waals surface area contributed by atoms with Crippen LogP contribution in [0.2, 0.25) is 0 Å². The number of nitrogens with two attached hydrogens (primary N) is 1. The number of rotatable bonds is 10. The van der Waals surface area contributed by atoms with Crippen molar-refractivity contribution < 1.29 is 8.42 Å². The summed E-state index contributed by atoms with van der Waals surface area (Å²) in [7, 11) is -3.37. The largest absolute Gasteiger partial charge is 0.392 e. The highest BCUT2D eigenvalue weighted by Gasteiger charge is 2.15. The Morgan fingerprint density at radius 3 is 2.39 bits per heavy atom. The van der Waals surface area contributed by atoms with Gasteiger partial charge in [0.1, 0.15) is 5.75 Å². The zero-order valence-electron chi connectivity index (χ0n) is 11.5. The van der Waals surface area contributed by atoms with Crippen LogP contribution in [-0.4, -0.2) is 49.7 Å². The second-order valence-corrected chi connectivity index (χ2v) is 6.69. The highest BCUT2D eigenvalue weighted by atomic mass is 32.2. The second-order valence-electron chi connectivity index (χ2n) is 4.41. The Kier molecular flexibility index (Phi) is 8.67. The number of nitrogens with zero attached hydrogens (tertiary/aromatic N) is 1. The Morgan fingerprint density at radius 1 is 1.39 bits per heavy atom. The molecule has 0 aliphatic carbocycles. The van der Waals surface area contributed by atoms with Crippen LogP contribution in [0.3, 0.4) is 0 Å². The highest BCUT2D eigenvalue weighted by molar-refractivity contribution is 7.92. The molecule has 0 spiro atoms. The lowest BCUT2D eigenvalue weighted by atomic mass is 10.2. The molecule has 0 aromatic rings. The maximum atomic E-state index is 11.6. The van der Waals surface area contributed by atoms with Gasteiger partial charge in [0.05, 0.1) is 4.99 Å². The van der Waals surface area contributed by atoms with Crippen LogP contribution in [0.5, 0.6) is 0 Å². The summed E-state index contributed by atoms with van der Waals surface area (Å²) in [6, 6.07) is -0.0834. The molecule has 5 nitrogen and oxygen atoms in total. The molecule has 7 heteroatoms. The van der Waals surface area contributed by atoms with E-state index in [1.165, 1.54) is 0 Å². The van der Waals surface area contributed by atoms with Gasteiger partial charge in [-0.3, -0.25) is 0 Å². The monoisotopic (exact) mass is 295 g/mol. The van der Waals surface area contributed by atoms with Crippen LogP contribution in [0.4, 0.5) is 0 Å². The molecule has 0 aliphatic heterocycles. The first-order valence-electron chi connectivity index (χ1n) is 6.31. The number of hydrogen-bond acceptors (Lipinski definition) is 4. The lowest BCUT2D eigenvalue weighted by Gasteiger charge is -2.19. The molecule has 0 amide bonds. The molecule has 18 heavy (non-hydrogen) atoms. The fourth-order valence-corrected chi connectivity index (χ4v) is 3.41. The smallest absolute Gasteiger partial charge is 0.218 e. The fourth-order valence-electron chi connectivity index (χ4n) is 1.76. The second kappa shape index (κ2) is 8.79. The van der Waals surface area contributed by atoms with Gasteiger partial charge in [-0.05, 0) is 39.4 Å². The van der Waals surface area contributed by atoms with Crippen LogP contribution in [0.1, 0.15) is 33.6 Å². The fraction of sp³-hybridized carbons (Fsp3) is 0.909. The van der Waals surface area contributed by atoms with Crippen molar-refractivity contribution in [2.24, 2.45) is 5.73 Å². The van der Waals surface area contributed by atoms with Crippen molar-refractivity contribution in [3.8, 4) is 0 Å². The molecule has 0 radical (unpaired) electrons. The average Bonchev–Trinajstić information content (AvgIpc) is 2.21. The summed E-state index contributed by atoms with van der Waals surface area (Å²) in [5, 5.41) is 0. The molecule has 0 heterocycles. The molecular formula is C11H25N3O2S2. The molecule has 0 bridgehead atoms. The van der Waals surface area contributed by atoms with Crippen molar-refractivity contribution in [3.63, 3.8) is 0 Å². The van der Waals surface area contributed by atoms with Crippen LogP contribution >= 0.6 is 12.2 Å². The van der Waals surface area contributed by atoms with Crippen molar-refractivity contribution in [2.45, 2.75) is 39.7 Å². The zero-order valence-corrected chi connectivity index (χ0v) is 13.1. The first kappa shape index (κ1) is 17.8. The number of nitrogens with one attached hydrogen (secondary N) is 1. The van der Waals surface area contributed by atoms with Crippen molar-refractivity contribution in [3.05, 3.63) is 0 Å². The minimum Gasteiger partial charge on any atom is -0.392 e. The number of thiocarbonyl (C=S) groups is 1. The van der Waals surface area contributed by atoms with Crippen LogP contribution in [0, 0.1) is 0 Å². The van der Waals surface area contributed by atoms with E-state index in [1.807, 2.05) is 6.92 Å². The Morgan fingerprint density at radius 2 is 1.94 bits per heavy atom. The van der Waals surface area contributed by atoms with Gasteiger partial charge >= 0.3 is 0 Å². The maximum absolute atomic E-state index is 11.6. The van der Waals surface area contributed by atoms with E-state index in [-0.39, 0.29) is 16.8 Å². The summed E-state index contributed by atoms with van der Waals surface area (Å²) in [6.07, 6.45) is 1.78. The Bertz CT molecular complexity index is 340. The molecule has 0 aliphatic rings. The van der Waals surface area contributed by atoms with Gasteiger partial charge in [-0.25, -0.2) is 13.1 Å². The molecule has 0 saturated carbocycles. The van der Waals surface area contributed by atoms with Gasteiger partial charge in [-0.1, -0.05) is 26.1 Å². The van der Waals surface area contributed by atoms with E-state index in [4.69, 9.17) is 5.73 Å². The first-order valence-corrected chi connectivity index (χ1v) is 8.37. The molecular weight excluding hydrogens is 270 g/mol. The van der Waals surface area contributed by atoms with E-state index in [2.05, 4.69) is 35.7 Å². The van der Waals surface area contributed by atoms with Crippen molar-refractivity contribution >= 4 is 27.2 Å². The number of hydrogen-bond donors (Lipinski definition) is 2. The molecule has 1 atom stereocenters. The van der Waals surface area contributed by atoms with Gasteiger partial charge in [-0.15, -0.1) is 0 Å². The van der Waals surface area contributed by atoms with E-state index in [0.717, 1.165) is 32.5 Å². The normalized spacial score (nSPS) is 13.8. The topological polar surface area (TPSA) is 75.4 Å². The van der Waals surface area contributed by atoms with Gasteiger partial charge in [0.15, 0.2) is 0 Å². The van der Waals surface area contributed by atoms with Crippen LogP contribution < -0.4 is 10.5 Å². The van der Waals surface area contributed by atoms with Crippen molar-refractivity contribution in [2.75, 3.05) is 25.4 Å². The summed E-state index contributed by atoms with van der Waals surface area (Å²) < 4.78 is 25.7. The zero-order chi connectivity index (χ0) is 14.2. The van der Waals surface area contributed by atoms with E-state index < -0.39 is 10.0 Å². The quantitative estimate of drug-likeness (QED) is 0.580. The predicted molar refractivity (Wildman–Crippen MR) is 80.2 cm³/mol. The van der Waals surface area contributed by atoms with Gasteiger partial charge in [0.2, 0.25) is 10.0 Å². The highest BCUT2D eigenvalue weighted by Crippen LogP contribution is 2.01. The van der Waals surface area contributed by atoms with Crippen LogP contribution in [0.15, 0.2) is 0 Å². The average molecular weight is 295 g/mol. The van der Waals surface area contributed by atoms with E-state index >= 15 is 0 Å². The third kappa shape index (κ3) is 8.79. The third-order valence-corrected chi connectivity index (χ3v) is 4.50. The summed E-state index contributed by atoms with van der Waals surface area (Å²) >= 11 is 4.60. The Hall–Kier alpha value is -0.240. The summed E-state index contributed by atoms with van der Waals surface area (Å²) in [5.41, 5.74) is 5.24. The number of sulfonamides is 1. The molecule has 0 rings (SSSR count). The van der Waals surface area contributed by atoms with E-state index in [1.54, 1.807) is 0 Å². The third-order valence-electron chi connectivity index (χ3n) is 2.72. The molecule has 0 fully saturated rings. The SMILES string of the molecule is CCN(CC)CCCC(C)NS(=O)(=O)CC(N)=S. The minimum atomic E-state index is -3.37. The van der Waals surface area contributed by atoms with Crippen molar-refractivity contribution in [1.82, 2.24) is 9.62 Å². The molecule has 0 saturated heterocycles. The molecule has 3 N–H and O–H groups in total. The van der Waals surface area contributed by atoms with Gasteiger partial charge in [0.25, 0.3) is 0 Å². The van der Waals surface area contributed by atoms with Gasteiger partial charge in [0, 0.05) is 6.04 Å². The van der Waals surface area contributed by atoms with E-state index in [9.17, 15) is 8.42 Å². The Balaban J connectivity index is 3.97. The standard InChI is InChI=1S/C11H25N3O2S2/c1-4-14(5-2)8-6-7-10(3)13-18(15,16)9-11(12)17/h10,13H,4-9H2,1-3H3,(H2,12,17). The molecule has 108 valence electrons. The van der Waals surface area contributed by atoms with Crippen LogP contribution in [0.25, 0.3) is 0 Å². The summed E-state index contributed by atoms with van der Waals surface area (Å²) in [5.74, 6) is -0.275. The summed E-state index contributed by atoms with van der Waals surface area (Å²) in [6.45, 7) is 9.15. The van der Waals surface area contributed by atoms with Gasteiger partial charge < -0.3 is 10.6 Å². The molecule has 0 aromatic heterocycles. The maximum Gasteiger partial charge on any atom is 0.218 e. The molecule has 0 aromatic carbocycles. The predicted octanol–water partition coefficient (Wildman–Crippen LogP) is 0.702. The van der Waals surface area contributed by atoms with Crippen LogP contribution in [-0.2, 0) is 10.0 Å². The van der Waals surface area contributed by atoms with E-state index in [0.29, 0.717) is 0 Å². The first-order chi connectivity index (χ1) is 8.30. The lowest BCUT2D eigenvalue weighted by Crippen LogP contribution is -2.38. The lowest BCUT2D eigenvalue weighted by molar-refractivity contribution is 0.293. The van der Waals surface area contributed by atoms with Crippen molar-refractivity contribution in [1.29, 1.82) is 0 Å². The van der Waals surface area contributed by atoms with Gasteiger partial charge in [-0.2, -0.15) is 0 Å². The minimum absolute atomic E-state index is 0.00200. The Labute approximate surface area is 116 Å².